The van der Waals surface area contributed by atoms with Crippen LogP contribution >= 0.6 is 23.2 Å². The third-order valence-electron chi connectivity index (χ3n) is 4.46. The molecule has 0 fully saturated rings. The number of halogens is 2. The van der Waals surface area contributed by atoms with Gasteiger partial charge in [-0.2, -0.15) is 0 Å². The molecule has 146 valence electrons. The first-order valence-corrected chi connectivity index (χ1v) is 9.90. The van der Waals surface area contributed by atoms with Gasteiger partial charge in [0.05, 0.1) is 7.11 Å². The van der Waals surface area contributed by atoms with Gasteiger partial charge >= 0.3 is 0 Å². The fourth-order valence-electron chi connectivity index (χ4n) is 2.89. The molecule has 0 atom stereocenters. The monoisotopic (exact) mass is 415 g/mol. The van der Waals surface area contributed by atoms with Crippen molar-refractivity contribution in [2.24, 2.45) is 0 Å². The minimum Gasteiger partial charge on any atom is -0.496 e. The number of ether oxygens (including phenoxy) is 2. The van der Waals surface area contributed by atoms with E-state index in [4.69, 9.17) is 32.7 Å². The highest BCUT2D eigenvalue weighted by Crippen LogP contribution is 2.26. The first kappa shape index (κ1) is 20.5. The second kappa shape index (κ2) is 10.4. The highest BCUT2D eigenvalue weighted by atomic mass is 35.5. The van der Waals surface area contributed by atoms with Gasteiger partial charge in [-0.3, -0.25) is 0 Å². The van der Waals surface area contributed by atoms with Crippen molar-refractivity contribution >= 4 is 23.2 Å². The van der Waals surface area contributed by atoms with Gasteiger partial charge in [0.2, 0.25) is 0 Å². The van der Waals surface area contributed by atoms with Crippen molar-refractivity contribution in [2.75, 3.05) is 13.7 Å². The normalized spacial score (nSPS) is 10.7. The molecule has 0 amide bonds. The van der Waals surface area contributed by atoms with Gasteiger partial charge in [-0.15, -0.1) is 0 Å². The van der Waals surface area contributed by atoms with E-state index in [0.29, 0.717) is 16.7 Å². The highest BCUT2D eigenvalue weighted by Gasteiger charge is 2.06. The minimum absolute atomic E-state index is 0.342. The molecule has 0 saturated carbocycles. The SMILES string of the molecule is COc1ccccc1CCNCc1ccc(OCc2c(Cl)cccc2Cl)cc1. The van der Waals surface area contributed by atoms with E-state index in [0.717, 1.165) is 36.6 Å². The van der Waals surface area contributed by atoms with Crippen LogP contribution in [0.5, 0.6) is 11.5 Å². The third-order valence-corrected chi connectivity index (χ3v) is 5.17. The maximum absolute atomic E-state index is 6.17. The average molecular weight is 416 g/mol. The zero-order valence-corrected chi connectivity index (χ0v) is 17.3. The fourth-order valence-corrected chi connectivity index (χ4v) is 3.40. The summed E-state index contributed by atoms with van der Waals surface area (Å²) in [5.74, 6) is 1.72. The second-order valence-electron chi connectivity index (χ2n) is 6.37. The summed E-state index contributed by atoms with van der Waals surface area (Å²) in [4.78, 5) is 0. The topological polar surface area (TPSA) is 30.5 Å². The molecule has 5 heteroatoms. The molecular weight excluding hydrogens is 393 g/mol. The fraction of sp³-hybridized carbons (Fsp3) is 0.217. The molecule has 0 unspecified atom stereocenters. The zero-order chi connectivity index (χ0) is 19.8. The standard InChI is InChI=1S/C23H23Cl2NO2/c1-27-23-8-3-2-5-18(23)13-14-26-15-17-9-11-19(12-10-17)28-16-20-21(24)6-4-7-22(20)25/h2-12,26H,13-16H2,1H3. The van der Waals surface area contributed by atoms with Crippen LogP contribution in [0, 0.1) is 0 Å². The maximum atomic E-state index is 6.17. The van der Waals surface area contributed by atoms with Crippen molar-refractivity contribution in [2.45, 2.75) is 19.6 Å². The molecule has 0 aliphatic heterocycles. The van der Waals surface area contributed by atoms with Gasteiger partial charge in [0.15, 0.2) is 0 Å². The smallest absolute Gasteiger partial charge is 0.122 e. The maximum Gasteiger partial charge on any atom is 0.122 e. The Morgan fingerprint density at radius 2 is 1.57 bits per heavy atom. The van der Waals surface area contributed by atoms with E-state index >= 15 is 0 Å². The summed E-state index contributed by atoms with van der Waals surface area (Å²) in [6.07, 6.45) is 0.920. The van der Waals surface area contributed by atoms with Crippen LogP contribution in [-0.4, -0.2) is 13.7 Å². The summed E-state index contributed by atoms with van der Waals surface area (Å²) in [6, 6.07) is 21.6. The molecule has 0 heterocycles. The predicted molar refractivity (Wildman–Crippen MR) is 116 cm³/mol. The van der Waals surface area contributed by atoms with E-state index in [1.54, 1.807) is 7.11 Å². The molecule has 0 radical (unpaired) electrons. The average Bonchev–Trinajstić information content (AvgIpc) is 2.72. The quantitative estimate of drug-likeness (QED) is 0.440. The molecule has 3 aromatic carbocycles. The summed E-state index contributed by atoms with van der Waals surface area (Å²) >= 11 is 12.3. The van der Waals surface area contributed by atoms with Crippen LogP contribution < -0.4 is 14.8 Å². The Labute approximate surface area is 176 Å². The molecular formula is C23H23Cl2NO2. The lowest BCUT2D eigenvalue weighted by Gasteiger charge is -2.11. The molecule has 3 nitrogen and oxygen atoms in total. The van der Waals surface area contributed by atoms with Crippen molar-refractivity contribution in [1.29, 1.82) is 0 Å². The van der Waals surface area contributed by atoms with Crippen LogP contribution in [0.2, 0.25) is 10.0 Å². The van der Waals surface area contributed by atoms with E-state index in [9.17, 15) is 0 Å². The molecule has 3 rings (SSSR count). The largest absolute Gasteiger partial charge is 0.496 e. The Bertz CT molecular complexity index is 877. The molecule has 0 bridgehead atoms. The van der Waals surface area contributed by atoms with Crippen LogP contribution in [-0.2, 0) is 19.6 Å². The highest BCUT2D eigenvalue weighted by molar-refractivity contribution is 6.35. The number of rotatable bonds is 9. The van der Waals surface area contributed by atoms with Gasteiger partial charge in [-0.05, 0) is 54.4 Å². The minimum atomic E-state index is 0.342. The van der Waals surface area contributed by atoms with Crippen molar-refractivity contribution in [3.8, 4) is 11.5 Å². The summed E-state index contributed by atoms with van der Waals surface area (Å²) in [5, 5.41) is 4.69. The molecule has 0 aromatic heterocycles. The molecule has 3 aromatic rings. The summed E-state index contributed by atoms with van der Waals surface area (Å²) in [5.41, 5.74) is 3.20. The van der Waals surface area contributed by atoms with Crippen molar-refractivity contribution in [3.05, 3.63) is 93.5 Å². The van der Waals surface area contributed by atoms with E-state index < -0.39 is 0 Å². The van der Waals surface area contributed by atoms with Crippen molar-refractivity contribution in [3.63, 3.8) is 0 Å². The van der Waals surface area contributed by atoms with Crippen LogP contribution in [0.25, 0.3) is 0 Å². The van der Waals surface area contributed by atoms with Gasteiger partial charge in [0.25, 0.3) is 0 Å². The van der Waals surface area contributed by atoms with E-state index in [1.165, 1.54) is 11.1 Å². The lowest BCUT2D eigenvalue weighted by molar-refractivity contribution is 0.306. The van der Waals surface area contributed by atoms with Gasteiger partial charge < -0.3 is 14.8 Å². The van der Waals surface area contributed by atoms with Gasteiger partial charge in [-0.25, -0.2) is 0 Å². The summed E-state index contributed by atoms with van der Waals surface area (Å²) < 4.78 is 11.2. The number of hydrogen-bond acceptors (Lipinski definition) is 3. The van der Waals surface area contributed by atoms with E-state index in [2.05, 4.69) is 23.5 Å². The van der Waals surface area contributed by atoms with Gasteiger partial charge in [0, 0.05) is 22.2 Å². The van der Waals surface area contributed by atoms with Gasteiger partial charge in [0.1, 0.15) is 18.1 Å². The van der Waals surface area contributed by atoms with Crippen molar-refractivity contribution in [1.82, 2.24) is 5.32 Å². The molecule has 0 saturated heterocycles. The predicted octanol–water partition coefficient (Wildman–Crippen LogP) is 5.91. The number of para-hydroxylation sites is 1. The Morgan fingerprint density at radius 1 is 0.857 bits per heavy atom. The number of hydrogen-bond donors (Lipinski definition) is 1. The molecule has 28 heavy (non-hydrogen) atoms. The molecule has 0 aliphatic rings. The Balaban J connectivity index is 1.45. The first-order chi connectivity index (χ1) is 13.7. The number of methoxy groups -OCH3 is 1. The molecule has 0 aliphatic carbocycles. The van der Waals surface area contributed by atoms with Crippen LogP contribution in [0.4, 0.5) is 0 Å². The third kappa shape index (κ3) is 5.65. The van der Waals surface area contributed by atoms with Crippen LogP contribution in [0.15, 0.2) is 66.7 Å². The van der Waals surface area contributed by atoms with Crippen molar-refractivity contribution < 1.29 is 9.47 Å². The Kier molecular flexibility index (Phi) is 7.61. The lowest BCUT2D eigenvalue weighted by Crippen LogP contribution is -2.16. The summed E-state index contributed by atoms with van der Waals surface area (Å²) in [6.45, 7) is 2.02. The number of benzene rings is 3. The van der Waals surface area contributed by atoms with Crippen LogP contribution in [0.3, 0.4) is 0 Å². The summed E-state index contributed by atoms with van der Waals surface area (Å²) in [7, 11) is 1.70. The zero-order valence-electron chi connectivity index (χ0n) is 15.8. The lowest BCUT2D eigenvalue weighted by atomic mass is 10.1. The molecule has 1 N–H and O–H groups in total. The Hall–Kier alpha value is -2.20. The van der Waals surface area contributed by atoms with E-state index in [-0.39, 0.29) is 0 Å². The first-order valence-electron chi connectivity index (χ1n) is 9.14. The van der Waals surface area contributed by atoms with Gasteiger partial charge in [-0.1, -0.05) is 59.6 Å². The Morgan fingerprint density at radius 3 is 2.29 bits per heavy atom. The second-order valence-corrected chi connectivity index (χ2v) is 7.19. The molecule has 0 spiro atoms. The number of nitrogens with one attached hydrogen (secondary N) is 1. The van der Waals surface area contributed by atoms with E-state index in [1.807, 2.05) is 48.5 Å². The van der Waals surface area contributed by atoms with Crippen LogP contribution in [0.1, 0.15) is 16.7 Å².